The minimum Gasteiger partial charge on any atom is -0.384 e. The fraction of sp³-hybridized carbons (Fsp3) is 0.368. The van der Waals surface area contributed by atoms with Gasteiger partial charge in [-0.25, -0.2) is 4.98 Å². The summed E-state index contributed by atoms with van der Waals surface area (Å²) in [4.78, 5) is 11.2. The zero-order chi connectivity index (χ0) is 16.2. The van der Waals surface area contributed by atoms with Crippen LogP contribution in [0.25, 0.3) is 5.57 Å². The van der Waals surface area contributed by atoms with Gasteiger partial charge in [0.05, 0.1) is 0 Å². The summed E-state index contributed by atoms with van der Waals surface area (Å²) in [5.74, 6) is 0.600. The first-order valence-corrected chi connectivity index (χ1v) is 8.15. The first-order valence-electron chi connectivity index (χ1n) is 8.15. The number of nitrogen functional groups attached to an aromatic ring is 1. The number of likely N-dealkylation sites (N-methyl/N-ethyl adjacent to an activating group) is 1. The molecule has 4 nitrogen and oxygen atoms in total. The molecule has 0 saturated carbocycles. The minimum atomic E-state index is 0.600. The molecule has 3 rings (SSSR count). The van der Waals surface area contributed by atoms with Gasteiger partial charge in [-0.3, -0.25) is 4.98 Å². The van der Waals surface area contributed by atoms with Crippen LogP contribution in [0.15, 0.2) is 36.7 Å². The molecule has 4 heteroatoms. The largest absolute Gasteiger partial charge is 0.384 e. The van der Waals surface area contributed by atoms with E-state index in [-0.39, 0.29) is 0 Å². The molecule has 23 heavy (non-hydrogen) atoms. The van der Waals surface area contributed by atoms with Crippen molar-refractivity contribution in [1.82, 2.24) is 14.9 Å². The second-order valence-corrected chi connectivity index (χ2v) is 6.38. The van der Waals surface area contributed by atoms with Crippen LogP contribution in [0.1, 0.15) is 28.8 Å². The van der Waals surface area contributed by atoms with E-state index in [0.29, 0.717) is 5.82 Å². The molecule has 0 unspecified atom stereocenters. The summed E-state index contributed by atoms with van der Waals surface area (Å²) in [6.07, 6.45) is 9.16. The lowest BCUT2D eigenvalue weighted by atomic mass is 9.98. The van der Waals surface area contributed by atoms with Crippen LogP contribution in [0.3, 0.4) is 0 Å². The Balaban J connectivity index is 1.70. The highest BCUT2D eigenvalue weighted by Gasteiger charge is 2.10. The van der Waals surface area contributed by atoms with Gasteiger partial charge in [-0.05, 0) is 73.7 Å². The van der Waals surface area contributed by atoms with Crippen molar-refractivity contribution in [2.24, 2.45) is 0 Å². The maximum Gasteiger partial charge on any atom is 0.123 e. The highest BCUT2D eigenvalue weighted by molar-refractivity contribution is 5.66. The fourth-order valence-corrected chi connectivity index (χ4v) is 3.00. The Morgan fingerprint density at radius 2 is 2.04 bits per heavy atom. The molecule has 2 aromatic heterocycles. The molecule has 0 aromatic carbocycles. The third-order valence-electron chi connectivity index (χ3n) is 4.29. The molecule has 1 aliphatic heterocycles. The average Bonchev–Trinajstić information content (AvgIpc) is 2.53. The van der Waals surface area contributed by atoms with Crippen molar-refractivity contribution in [2.45, 2.75) is 26.2 Å². The number of nitrogens with zero attached hydrogens (tertiary/aromatic N) is 3. The van der Waals surface area contributed by atoms with Crippen molar-refractivity contribution in [2.75, 3.05) is 25.9 Å². The summed E-state index contributed by atoms with van der Waals surface area (Å²) in [5, 5.41) is 0. The summed E-state index contributed by atoms with van der Waals surface area (Å²) < 4.78 is 0. The van der Waals surface area contributed by atoms with Crippen LogP contribution in [-0.4, -0.2) is 35.0 Å². The van der Waals surface area contributed by atoms with Gasteiger partial charge in [-0.15, -0.1) is 0 Å². The van der Waals surface area contributed by atoms with Gasteiger partial charge in [0.25, 0.3) is 0 Å². The number of rotatable bonds is 4. The van der Waals surface area contributed by atoms with Gasteiger partial charge in [-0.2, -0.15) is 0 Å². The van der Waals surface area contributed by atoms with Crippen molar-refractivity contribution < 1.29 is 0 Å². The van der Waals surface area contributed by atoms with Gasteiger partial charge in [0.2, 0.25) is 0 Å². The fourth-order valence-electron chi connectivity index (χ4n) is 3.00. The molecule has 3 heterocycles. The van der Waals surface area contributed by atoms with E-state index in [9.17, 15) is 0 Å². The van der Waals surface area contributed by atoms with Crippen LogP contribution in [0.5, 0.6) is 0 Å². The van der Waals surface area contributed by atoms with Crippen LogP contribution in [0.2, 0.25) is 0 Å². The van der Waals surface area contributed by atoms with E-state index in [0.717, 1.165) is 43.6 Å². The number of aromatic nitrogens is 2. The van der Waals surface area contributed by atoms with Crippen molar-refractivity contribution >= 4 is 11.4 Å². The lowest BCUT2D eigenvalue weighted by Gasteiger charge is -2.22. The van der Waals surface area contributed by atoms with Crippen molar-refractivity contribution in [3.05, 3.63) is 59.1 Å². The maximum absolute atomic E-state index is 5.83. The zero-order valence-electron chi connectivity index (χ0n) is 13.9. The van der Waals surface area contributed by atoms with E-state index in [2.05, 4.69) is 47.0 Å². The number of anilines is 1. The van der Waals surface area contributed by atoms with E-state index in [4.69, 9.17) is 5.73 Å². The van der Waals surface area contributed by atoms with Crippen LogP contribution in [-0.2, 0) is 12.8 Å². The van der Waals surface area contributed by atoms with E-state index in [1.54, 1.807) is 0 Å². The highest BCUT2D eigenvalue weighted by Crippen LogP contribution is 2.22. The second-order valence-electron chi connectivity index (χ2n) is 6.38. The van der Waals surface area contributed by atoms with Crippen molar-refractivity contribution in [3.8, 4) is 0 Å². The summed E-state index contributed by atoms with van der Waals surface area (Å²) >= 11 is 0. The molecule has 0 saturated heterocycles. The van der Waals surface area contributed by atoms with Crippen molar-refractivity contribution in [1.29, 1.82) is 0 Å². The molecule has 0 bridgehead atoms. The molecule has 0 spiro atoms. The number of hydrogen-bond donors (Lipinski definition) is 1. The predicted octanol–water partition coefficient (Wildman–Crippen LogP) is 2.87. The smallest absolute Gasteiger partial charge is 0.123 e. The van der Waals surface area contributed by atoms with Gasteiger partial charge in [0.1, 0.15) is 5.82 Å². The lowest BCUT2D eigenvalue weighted by molar-refractivity contribution is 0.370. The molecule has 0 atom stereocenters. The van der Waals surface area contributed by atoms with E-state index in [1.165, 1.54) is 16.7 Å². The molecule has 0 radical (unpaired) electrons. The molecule has 2 aromatic rings. The minimum absolute atomic E-state index is 0.600. The zero-order valence-corrected chi connectivity index (χ0v) is 13.9. The Hall–Kier alpha value is -2.20. The van der Waals surface area contributed by atoms with E-state index >= 15 is 0 Å². The van der Waals surface area contributed by atoms with E-state index < -0.39 is 0 Å². The van der Waals surface area contributed by atoms with Crippen LogP contribution < -0.4 is 5.73 Å². The number of hydrogen-bond acceptors (Lipinski definition) is 4. The van der Waals surface area contributed by atoms with Crippen LogP contribution >= 0.6 is 0 Å². The first-order chi connectivity index (χ1) is 11.1. The van der Waals surface area contributed by atoms with Crippen LogP contribution in [0, 0.1) is 6.92 Å². The first kappa shape index (κ1) is 15.7. The number of pyridine rings is 2. The molecule has 120 valence electrons. The SMILES string of the molecule is Cc1cc(N)nc(CCc2cncc(C3=CCN(C)CC3)c2)c1. The summed E-state index contributed by atoms with van der Waals surface area (Å²) in [7, 11) is 2.16. The molecule has 2 N–H and O–H groups in total. The number of nitrogens with two attached hydrogens (primary N) is 1. The van der Waals surface area contributed by atoms with Crippen molar-refractivity contribution in [3.63, 3.8) is 0 Å². The molecule has 0 amide bonds. The van der Waals surface area contributed by atoms with Gasteiger partial charge >= 0.3 is 0 Å². The molecule has 0 fully saturated rings. The summed E-state index contributed by atoms with van der Waals surface area (Å²) in [5.41, 5.74) is 12.0. The monoisotopic (exact) mass is 308 g/mol. The summed E-state index contributed by atoms with van der Waals surface area (Å²) in [6.45, 7) is 4.19. The number of aryl methyl sites for hydroxylation is 3. The molecular formula is C19H24N4. The maximum atomic E-state index is 5.83. The quantitative estimate of drug-likeness (QED) is 0.943. The Bertz CT molecular complexity index is 701. The normalized spacial score (nSPS) is 15.5. The van der Waals surface area contributed by atoms with Gasteiger partial charge in [-0.1, -0.05) is 6.08 Å². The van der Waals surface area contributed by atoms with Gasteiger partial charge < -0.3 is 10.6 Å². The Labute approximate surface area is 138 Å². The summed E-state index contributed by atoms with van der Waals surface area (Å²) in [6, 6.07) is 6.27. The second kappa shape index (κ2) is 6.92. The van der Waals surface area contributed by atoms with E-state index in [1.807, 2.05) is 18.5 Å². The average molecular weight is 308 g/mol. The Morgan fingerprint density at radius 1 is 1.17 bits per heavy atom. The predicted molar refractivity (Wildman–Crippen MR) is 95.1 cm³/mol. The third kappa shape index (κ3) is 4.17. The van der Waals surface area contributed by atoms with Crippen LogP contribution in [0.4, 0.5) is 5.82 Å². The highest BCUT2D eigenvalue weighted by atomic mass is 15.1. The Morgan fingerprint density at radius 3 is 2.78 bits per heavy atom. The lowest BCUT2D eigenvalue weighted by Crippen LogP contribution is -2.23. The third-order valence-corrected chi connectivity index (χ3v) is 4.29. The Kier molecular flexibility index (Phi) is 4.72. The van der Waals surface area contributed by atoms with Gasteiger partial charge in [0.15, 0.2) is 0 Å². The molecule has 1 aliphatic rings. The topological polar surface area (TPSA) is 55.0 Å². The molecule has 0 aliphatic carbocycles. The standard InChI is InChI=1S/C19H24N4/c1-14-9-18(22-19(20)10-14)4-3-15-11-17(13-21-12-15)16-5-7-23(2)8-6-16/h5,9-13H,3-4,6-8H2,1-2H3,(H2,20,22). The van der Waals surface area contributed by atoms with Gasteiger partial charge in [0, 0.05) is 31.2 Å². The molecular weight excluding hydrogens is 284 g/mol.